The molecular formula is C22H26N2O6. The molecule has 0 aromatic heterocycles. The molecule has 1 amide bonds. The van der Waals surface area contributed by atoms with Crippen LogP contribution in [0.3, 0.4) is 0 Å². The average Bonchev–Trinajstić information content (AvgIpc) is 3.03. The van der Waals surface area contributed by atoms with E-state index in [2.05, 4.69) is 5.43 Å². The average molecular weight is 414 g/mol. The van der Waals surface area contributed by atoms with Crippen molar-refractivity contribution in [3.8, 4) is 0 Å². The lowest BCUT2D eigenvalue weighted by Gasteiger charge is -2.40. The van der Waals surface area contributed by atoms with E-state index < -0.39 is 35.7 Å². The highest BCUT2D eigenvalue weighted by molar-refractivity contribution is 5.77. The molecule has 0 saturated carbocycles. The molecule has 2 N–H and O–H groups in total. The zero-order valence-electron chi connectivity index (χ0n) is 17.4. The van der Waals surface area contributed by atoms with E-state index in [-0.39, 0.29) is 0 Å². The number of rotatable bonds is 5. The fraction of sp³-hybridized carbons (Fsp3) is 0.364. The Hall–Kier alpha value is -2.94. The van der Waals surface area contributed by atoms with Gasteiger partial charge in [0.25, 0.3) is 0 Å². The Kier molecular flexibility index (Phi) is 6.12. The molecule has 1 aliphatic rings. The molecular weight excluding hydrogens is 388 g/mol. The van der Waals surface area contributed by atoms with Crippen LogP contribution in [0.25, 0.3) is 0 Å². The van der Waals surface area contributed by atoms with Crippen LogP contribution in [0.2, 0.25) is 0 Å². The molecule has 1 aliphatic heterocycles. The summed E-state index contributed by atoms with van der Waals surface area (Å²) in [5.74, 6) is -1.20. The fourth-order valence-corrected chi connectivity index (χ4v) is 3.64. The molecule has 0 bridgehead atoms. The SMILES string of the molecule is CO[C@@H]1O[C@@H](C(=O)O)C(c2ccccc2)(c2ccccc2)N1NC(=O)OC(C)(C)C. The smallest absolute Gasteiger partial charge is 0.422 e. The maximum atomic E-state index is 12.7. The summed E-state index contributed by atoms with van der Waals surface area (Å²) in [5.41, 5.74) is 1.73. The van der Waals surface area contributed by atoms with E-state index in [9.17, 15) is 14.7 Å². The number of nitrogens with one attached hydrogen (secondary N) is 1. The van der Waals surface area contributed by atoms with Gasteiger partial charge in [-0.2, -0.15) is 0 Å². The molecule has 8 nitrogen and oxygen atoms in total. The van der Waals surface area contributed by atoms with Crippen LogP contribution in [0.4, 0.5) is 4.79 Å². The minimum atomic E-state index is -1.41. The van der Waals surface area contributed by atoms with Crippen LogP contribution in [-0.4, -0.2) is 47.4 Å². The number of carboxylic acid groups (broad SMARTS) is 1. The molecule has 160 valence electrons. The monoisotopic (exact) mass is 414 g/mol. The zero-order chi connectivity index (χ0) is 21.9. The van der Waals surface area contributed by atoms with Crippen LogP contribution in [0.5, 0.6) is 0 Å². The van der Waals surface area contributed by atoms with Crippen LogP contribution < -0.4 is 5.43 Å². The lowest BCUT2D eigenvalue weighted by molar-refractivity contribution is -0.192. The van der Waals surface area contributed by atoms with Gasteiger partial charge >= 0.3 is 12.1 Å². The maximum Gasteiger partial charge on any atom is 0.422 e. The van der Waals surface area contributed by atoms with Crippen molar-refractivity contribution in [1.29, 1.82) is 0 Å². The van der Waals surface area contributed by atoms with Crippen molar-refractivity contribution in [2.45, 2.75) is 44.4 Å². The first-order valence-corrected chi connectivity index (χ1v) is 9.51. The first kappa shape index (κ1) is 21.8. The number of carboxylic acids is 1. The second kappa shape index (κ2) is 8.43. The van der Waals surface area contributed by atoms with Gasteiger partial charge < -0.3 is 19.3 Å². The van der Waals surface area contributed by atoms with Crippen molar-refractivity contribution >= 4 is 12.1 Å². The highest BCUT2D eigenvalue weighted by atomic mass is 16.7. The van der Waals surface area contributed by atoms with E-state index in [4.69, 9.17) is 14.2 Å². The number of amides is 1. The van der Waals surface area contributed by atoms with E-state index in [1.165, 1.54) is 12.1 Å². The minimum Gasteiger partial charge on any atom is -0.479 e. The van der Waals surface area contributed by atoms with E-state index in [1.54, 1.807) is 69.3 Å². The van der Waals surface area contributed by atoms with E-state index in [1.807, 2.05) is 12.1 Å². The molecule has 0 aliphatic carbocycles. The fourth-order valence-electron chi connectivity index (χ4n) is 3.64. The Morgan fingerprint density at radius 1 is 1.03 bits per heavy atom. The van der Waals surface area contributed by atoms with Crippen LogP contribution in [0.1, 0.15) is 31.9 Å². The van der Waals surface area contributed by atoms with Crippen molar-refractivity contribution in [1.82, 2.24) is 10.4 Å². The van der Waals surface area contributed by atoms with Crippen LogP contribution in [-0.2, 0) is 24.5 Å². The van der Waals surface area contributed by atoms with Crippen LogP contribution in [0, 0.1) is 0 Å². The van der Waals surface area contributed by atoms with Gasteiger partial charge in [0.2, 0.25) is 6.41 Å². The summed E-state index contributed by atoms with van der Waals surface area (Å²) < 4.78 is 16.6. The molecule has 3 rings (SSSR count). The minimum absolute atomic E-state index is 0.610. The number of hydrazine groups is 1. The number of nitrogens with zero attached hydrogens (tertiary/aromatic N) is 1. The van der Waals surface area contributed by atoms with E-state index in [0.717, 1.165) is 0 Å². The molecule has 0 unspecified atom stereocenters. The summed E-state index contributed by atoms with van der Waals surface area (Å²) in [6.07, 6.45) is -3.29. The Morgan fingerprint density at radius 3 is 1.93 bits per heavy atom. The molecule has 0 radical (unpaired) electrons. The Labute approximate surface area is 175 Å². The van der Waals surface area contributed by atoms with Gasteiger partial charge in [-0.3, -0.25) is 0 Å². The molecule has 30 heavy (non-hydrogen) atoms. The van der Waals surface area contributed by atoms with Gasteiger partial charge in [0.1, 0.15) is 11.1 Å². The Morgan fingerprint density at radius 2 is 1.53 bits per heavy atom. The predicted molar refractivity (Wildman–Crippen MR) is 108 cm³/mol. The molecule has 2 aromatic rings. The van der Waals surface area contributed by atoms with Crippen LogP contribution >= 0.6 is 0 Å². The molecule has 1 heterocycles. The summed E-state index contributed by atoms with van der Waals surface area (Å²) >= 11 is 0. The summed E-state index contributed by atoms with van der Waals surface area (Å²) in [5, 5.41) is 11.4. The van der Waals surface area contributed by atoms with Gasteiger partial charge in [-0.15, -0.1) is 5.01 Å². The normalized spacial score (nSPS) is 21.2. The number of hydrogen-bond donors (Lipinski definition) is 2. The highest BCUT2D eigenvalue weighted by Gasteiger charge is 2.61. The third-order valence-corrected chi connectivity index (χ3v) is 4.69. The van der Waals surface area contributed by atoms with Gasteiger partial charge in [0.15, 0.2) is 6.10 Å². The van der Waals surface area contributed by atoms with Gasteiger partial charge in [-0.1, -0.05) is 60.7 Å². The zero-order valence-corrected chi connectivity index (χ0v) is 17.4. The number of ether oxygens (including phenoxy) is 3. The van der Waals surface area contributed by atoms with Crippen molar-refractivity contribution in [2.24, 2.45) is 0 Å². The second-order valence-corrected chi connectivity index (χ2v) is 7.88. The summed E-state index contributed by atoms with van der Waals surface area (Å²) in [4.78, 5) is 25.0. The largest absolute Gasteiger partial charge is 0.479 e. The number of methoxy groups -OCH3 is 1. The molecule has 0 spiro atoms. The Bertz CT molecular complexity index is 842. The van der Waals surface area contributed by atoms with Gasteiger partial charge in [0.05, 0.1) is 0 Å². The number of carbonyl (C=O) groups is 2. The quantitative estimate of drug-likeness (QED) is 0.776. The van der Waals surface area contributed by atoms with Crippen molar-refractivity contribution in [3.63, 3.8) is 0 Å². The number of carbonyl (C=O) groups excluding carboxylic acids is 1. The Balaban J connectivity index is 2.21. The highest BCUT2D eigenvalue weighted by Crippen LogP contribution is 2.46. The first-order chi connectivity index (χ1) is 14.2. The maximum absolute atomic E-state index is 12.7. The third-order valence-electron chi connectivity index (χ3n) is 4.69. The number of benzene rings is 2. The van der Waals surface area contributed by atoms with Gasteiger partial charge in [-0.05, 0) is 31.9 Å². The van der Waals surface area contributed by atoms with Gasteiger partial charge in [0, 0.05) is 7.11 Å². The lowest BCUT2D eigenvalue weighted by atomic mass is 9.78. The summed E-state index contributed by atoms with van der Waals surface area (Å²) in [6.45, 7) is 5.22. The standard InChI is InChI=1S/C22H26N2O6/c1-21(2,3)30-19(27)23-24-20(28-4)29-17(18(25)26)22(24,15-11-7-5-8-12-15)16-13-9-6-10-14-16/h5-14,17,20H,1-4H3,(H,23,27)(H,25,26)/t17-,20+/m0/s1. The summed E-state index contributed by atoms with van der Waals surface area (Å²) in [6, 6.07) is 18.0. The number of aliphatic carboxylic acids is 1. The molecule has 2 atom stereocenters. The lowest BCUT2D eigenvalue weighted by Crippen LogP contribution is -2.60. The molecule has 1 fully saturated rings. The summed E-state index contributed by atoms with van der Waals surface area (Å²) in [7, 11) is 1.37. The van der Waals surface area contributed by atoms with E-state index in [0.29, 0.717) is 11.1 Å². The number of hydrogen-bond acceptors (Lipinski definition) is 6. The van der Waals surface area contributed by atoms with E-state index >= 15 is 0 Å². The van der Waals surface area contributed by atoms with Crippen molar-refractivity contribution < 1.29 is 28.9 Å². The van der Waals surface area contributed by atoms with Gasteiger partial charge in [-0.25, -0.2) is 15.0 Å². The second-order valence-electron chi connectivity index (χ2n) is 7.88. The van der Waals surface area contributed by atoms with Crippen LogP contribution in [0.15, 0.2) is 60.7 Å². The topological polar surface area (TPSA) is 97.3 Å². The van der Waals surface area contributed by atoms with Crippen molar-refractivity contribution in [3.05, 3.63) is 71.8 Å². The molecule has 8 heteroatoms. The molecule has 1 saturated heterocycles. The molecule has 2 aromatic carbocycles. The first-order valence-electron chi connectivity index (χ1n) is 9.51. The predicted octanol–water partition coefficient (Wildman–Crippen LogP) is 3.09. The third kappa shape index (κ3) is 4.02. The van der Waals surface area contributed by atoms with Crippen molar-refractivity contribution in [2.75, 3.05) is 7.11 Å².